The van der Waals surface area contributed by atoms with Gasteiger partial charge in [0.1, 0.15) is 12.4 Å². The summed E-state index contributed by atoms with van der Waals surface area (Å²) < 4.78 is 65.2. The first-order valence-electron chi connectivity index (χ1n) is 9.89. The van der Waals surface area contributed by atoms with Crippen LogP contribution in [0.5, 0.6) is 0 Å². The molecule has 172 valence electrons. The number of alkyl halides is 3. The van der Waals surface area contributed by atoms with E-state index in [1.54, 1.807) is 30.3 Å². The van der Waals surface area contributed by atoms with Crippen LogP contribution < -0.4 is 0 Å². The number of aryl methyl sites for hydroxylation is 1. The molecule has 0 aliphatic rings. The van der Waals surface area contributed by atoms with Crippen molar-refractivity contribution in [3.05, 3.63) is 88.5 Å². The summed E-state index contributed by atoms with van der Waals surface area (Å²) in [5, 5.41) is 0. The van der Waals surface area contributed by atoms with Crippen molar-refractivity contribution >= 4 is 11.9 Å². The summed E-state index contributed by atoms with van der Waals surface area (Å²) in [5.41, 5.74) is -2.81. The fraction of sp³-hybridized carbons (Fsp3) is 0.208. The molecule has 3 rings (SSSR count). The second-order valence-corrected chi connectivity index (χ2v) is 6.96. The standard InChI is InChI=1S/C24H19F4NO4/c1-3-32-23(31)20-19(16-9-11-17(25)12-10-16)18(14(2)29-21(20)24(26,27)28)22(30)33-13-15-7-5-4-6-8-15/h4-12H,3,13H2,1-2H3. The number of rotatable bonds is 6. The Hall–Kier alpha value is -3.75. The highest BCUT2D eigenvalue weighted by Gasteiger charge is 2.42. The molecule has 0 bridgehead atoms. The number of benzene rings is 2. The van der Waals surface area contributed by atoms with Crippen LogP contribution in [-0.2, 0) is 22.3 Å². The molecule has 1 aromatic heterocycles. The summed E-state index contributed by atoms with van der Waals surface area (Å²) in [6.07, 6.45) is -5.02. The second kappa shape index (κ2) is 9.81. The minimum absolute atomic E-state index is 0.00196. The van der Waals surface area contributed by atoms with Crippen molar-refractivity contribution in [3.63, 3.8) is 0 Å². The predicted molar refractivity (Wildman–Crippen MR) is 111 cm³/mol. The highest BCUT2D eigenvalue weighted by atomic mass is 19.4. The van der Waals surface area contributed by atoms with Gasteiger partial charge in [-0.05, 0) is 37.1 Å². The third-order valence-electron chi connectivity index (χ3n) is 4.68. The van der Waals surface area contributed by atoms with E-state index in [2.05, 4.69) is 4.98 Å². The molecule has 9 heteroatoms. The van der Waals surface area contributed by atoms with Gasteiger partial charge >= 0.3 is 18.1 Å². The Morgan fingerprint density at radius 2 is 1.52 bits per heavy atom. The number of nitrogens with zero attached hydrogens (tertiary/aromatic N) is 1. The number of pyridine rings is 1. The van der Waals surface area contributed by atoms with Crippen molar-refractivity contribution in [2.45, 2.75) is 26.6 Å². The highest BCUT2D eigenvalue weighted by Crippen LogP contribution is 2.39. The van der Waals surface area contributed by atoms with Crippen LogP contribution in [0.2, 0.25) is 0 Å². The number of aromatic nitrogens is 1. The molecule has 0 atom stereocenters. The van der Waals surface area contributed by atoms with E-state index in [1.165, 1.54) is 26.0 Å². The van der Waals surface area contributed by atoms with E-state index in [9.17, 15) is 27.2 Å². The first-order valence-corrected chi connectivity index (χ1v) is 9.89. The van der Waals surface area contributed by atoms with Gasteiger partial charge in [-0.3, -0.25) is 0 Å². The summed E-state index contributed by atoms with van der Waals surface area (Å²) in [7, 11) is 0. The third kappa shape index (κ3) is 5.36. The molecule has 3 aromatic rings. The molecule has 0 unspecified atom stereocenters. The maximum absolute atomic E-state index is 13.8. The van der Waals surface area contributed by atoms with Crippen molar-refractivity contribution in [2.75, 3.05) is 6.61 Å². The fourth-order valence-electron chi connectivity index (χ4n) is 3.26. The summed E-state index contributed by atoms with van der Waals surface area (Å²) in [5.74, 6) is -2.94. The molecular weight excluding hydrogens is 442 g/mol. The van der Waals surface area contributed by atoms with Crippen LogP contribution in [0.4, 0.5) is 17.6 Å². The molecule has 0 spiro atoms. The fourth-order valence-corrected chi connectivity index (χ4v) is 3.26. The second-order valence-electron chi connectivity index (χ2n) is 6.96. The van der Waals surface area contributed by atoms with E-state index in [0.29, 0.717) is 5.56 Å². The Kier molecular flexibility index (Phi) is 7.10. The van der Waals surface area contributed by atoms with Crippen LogP contribution in [0, 0.1) is 12.7 Å². The van der Waals surface area contributed by atoms with Crippen LogP contribution in [0.25, 0.3) is 11.1 Å². The topological polar surface area (TPSA) is 65.5 Å². The normalized spacial score (nSPS) is 11.2. The summed E-state index contributed by atoms with van der Waals surface area (Å²) in [6, 6.07) is 13.0. The number of carbonyl (C=O) groups excluding carboxylic acids is 2. The Morgan fingerprint density at radius 3 is 2.09 bits per heavy atom. The van der Waals surface area contributed by atoms with E-state index in [1.807, 2.05) is 0 Å². The van der Waals surface area contributed by atoms with E-state index < -0.39 is 35.2 Å². The van der Waals surface area contributed by atoms with E-state index in [4.69, 9.17) is 9.47 Å². The number of hydrogen-bond acceptors (Lipinski definition) is 5. The smallest absolute Gasteiger partial charge is 0.434 e. The lowest BCUT2D eigenvalue weighted by atomic mass is 9.92. The average Bonchev–Trinajstić information content (AvgIpc) is 2.77. The lowest BCUT2D eigenvalue weighted by Crippen LogP contribution is -2.23. The van der Waals surface area contributed by atoms with Gasteiger partial charge in [0.05, 0.1) is 23.4 Å². The van der Waals surface area contributed by atoms with Gasteiger partial charge in [-0.2, -0.15) is 13.2 Å². The number of esters is 2. The largest absolute Gasteiger partial charge is 0.462 e. The minimum atomic E-state index is -5.02. The molecule has 0 fully saturated rings. The van der Waals surface area contributed by atoms with E-state index in [-0.39, 0.29) is 35.6 Å². The predicted octanol–water partition coefficient (Wildman–Crippen LogP) is 5.75. The average molecular weight is 461 g/mol. The van der Waals surface area contributed by atoms with Gasteiger partial charge in [0.25, 0.3) is 0 Å². The van der Waals surface area contributed by atoms with Gasteiger partial charge < -0.3 is 9.47 Å². The molecule has 0 saturated carbocycles. The lowest BCUT2D eigenvalue weighted by Gasteiger charge is -2.20. The number of halogens is 4. The SMILES string of the molecule is CCOC(=O)c1c(C(F)(F)F)nc(C)c(C(=O)OCc2ccccc2)c1-c1ccc(F)cc1. The Morgan fingerprint density at radius 1 is 0.909 bits per heavy atom. The lowest BCUT2D eigenvalue weighted by molar-refractivity contribution is -0.141. The maximum Gasteiger partial charge on any atom is 0.434 e. The molecule has 0 saturated heterocycles. The number of carbonyl (C=O) groups is 2. The molecule has 0 aliphatic heterocycles. The van der Waals surface area contributed by atoms with Crippen molar-refractivity contribution in [3.8, 4) is 11.1 Å². The zero-order chi connectivity index (χ0) is 24.2. The van der Waals surface area contributed by atoms with Gasteiger partial charge in [-0.25, -0.2) is 19.0 Å². The maximum atomic E-state index is 13.8. The molecule has 0 N–H and O–H groups in total. The number of ether oxygens (including phenoxy) is 2. The monoisotopic (exact) mass is 461 g/mol. The van der Waals surface area contributed by atoms with Crippen LogP contribution in [-0.4, -0.2) is 23.5 Å². The van der Waals surface area contributed by atoms with Crippen LogP contribution in [0.3, 0.4) is 0 Å². The van der Waals surface area contributed by atoms with Crippen LogP contribution in [0.1, 0.15) is 44.6 Å². The van der Waals surface area contributed by atoms with Crippen LogP contribution in [0.15, 0.2) is 54.6 Å². The first-order chi connectivity index (χ1) is 15.6. The Bertz CT molecular complexity index is 1160. The number of hydrogen-bond donors (Lipinski definition) is 0. The summed E-state index contributed by atoms with van der Waals surface area (Å²) in [6.45, 7) is 2.27. The summed E-state index contributed by atoms with van der Waals surface area (Å²) >= 11 is 0. The van der Waals surface area contributed by atoms with Crippen molar-refractivity contribution in [2.24, 2.45) is 0 Å². The zero-order valence-electron chi connectivity index (χ0n) is 17.7. The van der Waals surface area contributed by atoms with Crippen molar-refractivity contribution < 1.29 is 36.6 Å². The van der Waals surface area contributed by atoms with Gasteiger partial charge in [0, 0.05) is 5.56 Å². The zero-order valence-corrected chi connectivity index (χ0v) is 17.7. The van der Waals surface area contributed by atoms with Crippen molar-refractivity contribution in [1.82, 2.24) is 4.98 Å². The molecule has 0 radical (unpaired) electrons. The van der Waals surface area contributed by atoms with Gasteiger partial charge in [0.2, 0.25) is 0 Å². The first kappa shape index (κ1) is 23.9. The molecule has 0 aliphatic carbocycles. The minimum Gasteiger partial charge on any atom is -0.462 e. The Balaban J connectivity index is 2.24. The molecule has 1 heterocycles. The Labute approximate surface area is 187 Å². The molecular formula is C24H19F4NO4. The quantitative estimate of drug-likeness (QED) is 0.346. The van der Waals surface area contributed by atoms with Gasteiger partial charge in [-0.1, -0.05) is 42.5 Å². The van der Waals surface area contributed by atoms with Gasteiger partial charge in [0.15, 0.2) is 5.69 Å². The van der Waals surface area contributed by atoms with E-state index in [0.717, 1.165) is 12.1 Å². The highest BCUT2D eigenvalue weighted by molar-refractivity contribution is 6.07. The third-order valence-corrected chi connectivity index (χ3v) is 4.68. The summed E-state index contributed by atoms with van der Waals surface area (Å²) in [4.78, 5) is 29.2. The van der Waals surface area contributed by atoms with Crippen LogP contribution >= 0.6 is 0 Å². The molecule has 2 aromatic carbocycles. The molecule has 33 heavy (non-hydrogen) atoms. The van der Waals surface area contributed by atoms with E-state index >= 15 is 0 Å². The molecule has 5 nitrogen and oxygen atoms in total. The van der Waals surface area contributed by atoms with Gasteiger partial charge in [-0.15, -0.1) is 0 Å². The molecule has 0 amide bonds. The van der Waals surface area contributed by atoms with Crippen molar-refractivity contribution in [1.29, 1.82) is 0 Å².